The second-order valence-corrected chi connectivity index (χ2v) is 4.18. The third kappa shape index (κ3) is 2.06. The van der Waals surface area contributed by atoms with Crippen LogP contribution in [0.2, 0.25) is 0 Å². The van der Waals surface area contributed by atoms with Crippen LogP contribution in [0.1, 0.15) is 22.9 Å². The van der Waals surface area contributed by atoms with Crippen molar-refractivity contribution in [1.29, 1.82) is 5.26 Å². The summed E-state index contributed by atoms with van der Waals surface area (Å²) in [5.74, 6) is 0.0903. The molecular weight excluding hydrogens is 259 g/mol. The van der Waals surface area contributed by atoms with Crippen molar-refractivity contribution in [3.8, 4) is 6.07 Å². The average molecular weight is 268 g/mol. The van der Waals surface area contributed by atoms with Crippen LogP contribution < -0.4 is 0 Å². The molecule has 0 saturated heterocycles. The lowest BCUT2D eigenvalue weighted by molar-refractivity contribution is 0.449. The number of benzene rings is 1. The van der Waals surface area contributed by atoms with Crippen molar-refractivity contribution in [2.45, 2.75) is 6.04 Å². The molecule has 1 unspecified atom stereocenters. The Morgan fingerprint density at radius 1 is 1.25 bits per heavy atom. The second-order valence-electron chi connectivity index (χ2n) is 4.18. The van der Waals surface area contributed by atoms with Gasteiger partial charge < -0.3 is 8.98 Å². The van der Waals surface area contributed by atoms with Gasteiger partial charge in [-0.25, -0.2) is 4.39 Å². The van der Waals surface area contributed by atoms with E-state index in [4.69, 9.17) is 9.68 Å². The number of hydrogen-bond acceptors (Lipinski definition) is 4. The topological polar surface area (TPSA) is 67.6 Å². The molecule has 0 aliphatic rings. The first-order chi connectivity index (χ1) is 9.79. The summed E-state index contributed by atoms with van der Waals surface area (Å²) < 4.78 is 21.2. The summed E-state index contributed by atoms with van der Waals surface area (Å²) in [7, 11) is 0. The number of nitriles is 1. The van der Waals surface area contributed by atoms with E-state index >= 15 is 0 Å². The van der Waals surface area contributed by atoms with Gasteiger partial charge in [-0.1, -0.05) is 6.07 Å². The number of hydrogen-bond donors (Lipinski definition) is 0. The number of rotatable bonds is 3. The smallest absolute Gasteiger partial charge is 0.131 e. The first-order valence-electron chi connectivity index (χ1n) is 5.86. The molecule has 98 valence electrons. The van der Waals surface area contributed by atoms with Crippen LogP contribution in [-0.4, -0.2) is 14.8 Å². The highest BCUT2D eigenvalue weighted by molar-refractivity contribution is 5.37. The molecule has 0 saturated carbocycles. The zero-order valence-corrected chi connectivity index (χ0v) is 10.3. The predicted octanol–water partition coefficient (Wildman–Crippen LogP) is 2.52. The van der Waals surface area contributed by atoms with E-state index in [-0.39, 0.29) is 5.56 Å². The lowest BCUT2D eigenvalue weighted by Gasteiger charge is -2.16. The van der Waals surface area contributed by atoms with Gasteiger partial charge in [0.1, 0.15) is 30.3 Å². The van der Waals surface area contributed by atoms with Crippen LogP contribution in [0, 0.1) is 17.1 Å². The normalized spacial score (nSPS) is 12.0. The zero-order valence-electron chi connectivity index (χ0n) is 10.3. The number of nitrogens with zero attached hydrogens (tertiary/aromatic N) is 4. The van der Waals surface area contributed by atoms with Crippen LogP contribution in [0.25, 0.3) is 0 Å². The van der Waals surface area contributed by atoms with Gasteiger partial charge in [0.2, 0.25) is 0 Å². The van der Waals surface area contributed by atoms with Gasteiger partial charge in [-0.05, 0) is 24.3 Å². The second kappa shape index (κ2) is 4.97. The molecule has 0 amide bonds. The van der Waals surface area contributed by atoms with E-state index in [1.807, 2.05) is 6.07 Å². The van der Waals surface area contributed by atoms with Gasteiger partial charge in [0.05, 0.1) is 17.9 Å². The van der Waals surface area contributed by atoms with Crippen molar-refractivity contribution in [3.63, 3.8) is 0 Å². The average Bonchev–Trinajstić information content (AvgIpc) is 3.14. The molecule has 0 radical (unpaired) electrons. The van der Waals surface area contributed by atoms with Crippen molar-refractivity contribution >= 4 is 0 Å². The van der Waals surface area contributed by atoms with Crippen molar-refractivity contribution in [3.05, 3.63) is 72.0 Å². The highest BCUT2D eigenvalue weighted by Gasteiger charge is 2.22. The minimum Gasteiger partial charge on any atom is -0.467 e. The molecule has 6 heteroatoms. The predicted molar refractivity (Wildman–Crippen MR) is 67.1 cm³/mol. The summed E-state index contributed by atoms with van der Waals surface area (Å²) in [4.78, 5) is 0. The Bertz CT molecular complexity index is 710. The van der Waals surface area contributed by atoms with Gasteiger partial charge >= 0.3 is 0 Å². The quantitative estimate of drug-likeness (QED) is 0.732. The highest BCUT2D eigenvalue weighted by Crippen LogP contribution is 2.29. The van der Waals surface area contributed by atoms with Crippen LogP contribution in [-0.2, 0) is 0 Å². The lowest BCUT2D eigenvalue weighted by atomic mass is 10.0. The number of aromatic nitrogens is 3. The third-order valence-electron chi connectivity index (χ3n) is 2.97. The molecule has 0 spiro atoms. The van der Waals surface area contributed by atoms with Crippen LogP contribution >= 0.6 is 0 Å². The Labute approximate surface area is 113 Å². The molecule has 5 nitrogen and oxygen atoms in total. The van der Waals surface area contributed by atoms with Gasteiger partial charge in [-0.2, -0.15) is 5.26 Å². The minimum atomic E-state index is -0.507. The maximum Gasteiger partial charge on any atom is 0.131 e. The summed E-state index contributed by atoms with van der Waals surface area (Å²) in [6, 6.07) is 9.23. The molecule has 0 aliphatic heterocycles. The van der Waals surface area contributed by atoms with Crippen LogP contribution in [0.3, 0.4) is 0 Å². The SMILES string of the molecule is N#Cc1ccc(C(c2ccco2)n2cnnc2)c(F)c1. The molecule has 0 N–H and O–H groups in total. The summed E-state index contributed by atoms with van der Waals surface area (Å²) >= 11 is 0. The monoisotopic (exact) mass is 268 g/mol. The van der Waals surface area contributed by atoms with E-state index < -0.39 is 11.9 Å². The molecule has 2 heterocycles. The molecule has 0 bridgehead atoms. The van der Waals surface area contributed by atoms with Gasteiger partial charge in [-0.3, -0.25) is 0 Å². The van der Waals surface area contributed by atoms with E-state index in [9.17, 15) is 4.39 Å². The van der Waals surface area contributed by atoms with Gasteiger partial charge in [0.25, 0.3) is 0 Å². The number of halogens is 1. The molecule has 2 aromatic heterocycles. The van der Waals surface area contributed by atoms with Crippen molar-refractivity contribution in [2.75, 3.05) is 0 Å². The Morgan fingerprint density at radius 2 is 2.05 bits per heavy atom. The fourth-order valence-corrected chi connectivity index (χ4v) is 2.07. The summed E-state index contributed by atoms with van der Waals surface area (Å²) in [6.07, 6.45) is 4.50. The van der Waals surface area contributed by atoms with Gasteiger partial charge in [0.15, 0.2) is 0 Å². The maximum absolute atomic E-state index is 14.2. The van der Waals surface area contributed by atoms with Gasteiger partial charge in [-0.15, -0.1) is 10.2 Å². The van der Waals surface area contributed by atoms with E-state index in [0.717, 1.165) is 0 Å². The van der Waals surface area contributed by atoms with E-state index in [2.05, 4.69) is 10.2 Å². The first kappa shape index (κ1) is 12.1. The molecule has 1 aromatic carbocycles. The molecule has 0 aliphatic carbocycles. The maximum atomic E-state index is 14.2. The summed E-state index contributed by atoms with van der Waals surface area (Å²) in [5, 5.41) is 16.3. The third-order valence-corrected chi connectivity index (χ3v) is 2.97. The fourth-order valence-electron chi connectivity index (χ4n) is 2.07. The standard InChI is InChI=1S/C14H9FN4O/c15-12-6-10(7-16)3-4-11(12)14(13-2-1-5-20-13)19-8-17-18-9-19/h1-6,8-9,14H. The molecular formula is C14H9FN4O. The van der Waals surface area contributed by atoms with Crippen LogP contribution in [0.4, 0.5) is 4.39 Å². The summed E-state index contributed by atoms with van der Waals surface area (Å²) in [5.41, 5.74) is 0.659. The Hall–Kier alpha value is -2.94. The first-order valence-corrected chi connectivity index (χ1v) is 5.86. The molecule has 3 rings (SSSR count). The number of furan rings is 1. The van der Waals surface area contributed by atoms with Crippen molar-refractivity contribution in [2.24, 2.45) is 0 Å². The fraction of sp³-hybridized carbons (Fsp3) is 0.0714. The summed E-state index contributed by atoms with van der Waals surface area (Å²) in [6.45, 7) is 0. The Balaban J connectivity index is 2.14. The zero-order chi connectivity index (χ0) is 13.9. The van der Waals surface area contributed by atoms with E-state index in [1.165, 1.54) is 25.0 Å². The van der Waals surface area contributed by atoms with Gasteiger partial charge in [0, 0.05) is 5.56 Å². The van der Waals surface area contributed by atoms with Crippen LogP contribution in [0.15, 0.2) is 53.7 Å². The molecule has 20 heavy (non-hydrogen) atoms. The Kier molecular flexibility index (Phi) is 3.01. The molecule has 3 aromatic rings. The molecule has 1 atom stereocenters. The molecule has 0 fully saturated rings. The minimum absolute atomic E-state index is 0.271. The van der Waals surface area contributed by atoms with Crippen LogP contribution in [0.5, 0.6) is 0 Å². The lowest BCUT2D eigenvalue weighted by Crippen LogP contribution is -2.12. The van der Waals surface area contributed by atoms with Crippen molar-refractivity contribution in [1.82, 2.24) is 14.8 Å². The van der Waals surface area contributed by atoms with E-state index in [0.29, 0.717) is 11.3 Å². The van der Waals surface area contributed by atoms with E-state index in [1.54, 1.807) is 28.8 Å². The highest BCUT2D eigenvalue weighted by atomic mass is 19.1. The Morgan fingerprint density at radius 3 is 2.65 bits per heavy atom. The van der Waals surface area contributed by atoms with Crippen molar-refractivity contribution < 1.29 is 8.81 Å². The largest absolute Gasteiger partial charge is 0.467 e.